The summed E-state index contributed by atoms with van der Waals surface area (Å²) in [6, 6.07) is 8.57. The predicted molar refractivity (Wildman–Crippen MR) is 135 cm³/mol. The summed E-state index contributed by atoms with van der Waals surface area (Å²) in [5.41, 5.74) is 0.731. The van der Waals surface area contributed by atoms with Crippen LogP contribution in [0, 0.1) is 0 Å². The molecule has 0 saturated heterocycles. The largest absolute Gasteiger partial charge is 0.493 e. The number of rotatable bonds is 11. The molecule has 7 nitrogen and oxygen atoms in total. The molecule has 0 aliphatic rings. The highest BCUT2D eigenvalue weighted by Gasteiger charge is 2.22. The highest BCUT2D eigenvalue weighted by atomic mass is 35.5. The third kappa shape index (κ3) is 6.20. The smallest absolute Gasteiger partial charge is 0.266 e. The molecule has 0 radical (unpaired) electrons. The normalized spacial score (nSPS) is 11.1. The van der Waals surface area contributed by atoms with Gasteiger partial charge < -0.3 is 19.1 Å². The molecule has 1 heterocycles. The fraction of sp³-hybridized carbons (Fsp3) is 0.391. The van der Waals surface area contributed by atoms with E-state index in [0.29, 0.717) is 45.5 Å². The highest BCUT2D eigenvalue weighted by molar-refractivity contribution is 7.22. The third-order valence-corrected chi connectivity index (χ3v) is 6.77. The van der Waals surface area contributed by atoms with E-state index in [-0.39, 0.29) is 12.5 Å². The molecule has 1 amide bonds. The van der Waals surface area contributed by atoms with E-state index in [4.69, 9.17) is 42.4 Å². The van der Waals surface area contributed by atoms with Gasteiger partial charge in [-0.1, -0.05) is 48.4 Å². The molecule has 0 aliphatic heterocycles. The van der Waals surface area contributed by atoms with Crippen LogP contribution in [-0.4, -0.2) is 62.8 Å². The molecule has 0 unspecified atom stereocenters. The van der Waals surface area contributed by atoms with Crippen LogP contribution in [0.2, 0.25) is 10.0 Å². The van der Waals surface area contributed by atoms with Crippen molar-refractivity contribution in [3.8, 4) is 17.2 Å². The van der Waals surface area contributed by atoms with Gasteiger partial charge in [-0.2, -0.15) is 0 Å². The summed E-state index contributed by atoms with van der Waals surface area (Å²) < 4.78 is 17.4. The van der Waals surface area contributed by atoms with Crippen molar-refractivity contribution in [2.45, 2.75) is 13.8 Å². The number of aromatic nitrogens is 1. The van der Waals surface area contributed by atoms with Crippen molar-refractivity contribution in [3.05, 3.63) is 40.4 Å². The number of hydrogen-bond acceptors (Lipinski definition) is 7. The first-order chi connectivity index (χ1) is 15.9. The molecule has 33 heavy (non-hydrogen) atoms. The molecule has 1 aromatic heterocycles. The summed E-state index contributed by atoms with van der Waals surface area (Å²) in [7, 11) is 3.17. The Morgan fingerprint density at radius 1 is 1.00 bits per heavy atom. The van der Waals surface area contributed by atoms with E-state index < -0.39 is 0 Å². The number of anilines is 1. The molecule has 0 fully saturated rings. The van der Waals surface area contributed by atoms with Crippen LogP contribution < -0.4 is 19.1 Å². The van der Waals surface area contributed by atoms with E-state index in [1.807, 2.05) is 12.1 Å². The van der Waals surface area contributed by atoms with E-state index in [9.17, 15) is 4.79 Å². The first-order valence-electron chi connectivity index (χ1n) is 10.5. The van der Waals surface area contributed by atoms with Gasteiger partial charge in [-0.3, -0.25) is 9.69 Å². The van der Waals surface area contributed by atoms with Gasteiger partial charge in [0.2, 0.25) is 0 Å². The summed E-state index contributed by atoms with van der Waals surface area (Å²) >= 11 is 13.5. The second-order valence-electron chi connectivity index (χ2n) is 7.11. The van der Waals surface area contributed by atoms with Crippen LogP contribution in [0.3, 0.4) is 0 Å². The Labute approximate surface area is 207 Å². The molecule has 0 saturated carbocycles. The van der Waals surface area contributed by atoms with E-state index in [2.05, 4.69) is 18.7 Å². The number of benzene rings is 2. The number of likely N-dealkylation sites (N-methyl/N-ethyl adjacent to an activating group) is 1. The van der Waals surface area contributed by atoms with Crippen LogP contribution in [0.1, 0.15) is 13.8 Å². The number of methoxy groups -OCH3 is 2. The number of halogens is 2. The Kier molecular flexibility index (Phi) is 9.02. The van der Waals surface area contributed by atoms with Gasteiger partial charge in [-0.15, -0.1) is 0 Å². The second-order valence-corrected chi connectivity index (χ2v) is 8.96. The average Bonchev–Trinajstić information content (AvgIpc) is 3.22. The quantitative estimate of drug-likeness (QED) is 0.344. The number of carbonyl (C=O) groups is 1. The number of thiazole rings is 1. The first-order valence-corrected chi connectivity index (χ1v) is 12.1. The number of nitrogens with zero attached hydrogens (tertiary/aromatic N) is 3. The van der Waals surface area contributed by atoms with Gasteiger partial charge in [-0.05, 0) is 31.3 Å². The molecular weight excluding hydrogens is 485 g/mol. The Morgan fingerprint density at radius 2 is 1.70 bits per heavy atom. The van der Waals surface area contributed by atoms with Gasteiger partial charge in [0.15, 0.2) is 23.2 Å². The lowest BCUT2D eigenvalue weighted by atomic mass is 10.3. The maximum Gasteiger partial charge on any atom is 0.266 e. The Hall–Kier alpha value is -2.26. The number of carbonyl (C=O) groups excluding carboxylic acids is 1. The predicted octanol–water partition coefficient (Wildman–Crippen LogP) is 5.37. The van der Waals surface area contributed by atoms with Crippen LogP contribution in [0.5, 0.6) is 17.2 Å². The SMILES string of the molecule is CCN(CC)CCN(C(=O)COc1ccc(Cl)cc1Cl)c1nc2cc(OC)c(OC)cc2s1. The summed E-state index contributed by atoms with van der Waals surface area (Å²) in [6.45, 7) is 6.99. The van der Waals surface area contributed by atoms with E-state index >= 15 is 0 Å². The van der Waals surface area contributed by atoms with Crippen molar-refractivity contribution >= 4 is 55.8 Å². The van der Waals surface area contributed by atoms with Crippen LogP contribution in [0.4, 0.5) is 5.13 Å². The molecule has 3 aromatic rings. The molecule has 0 spiro atoms. The van der Waals surface area contributed by atoms with Gasteiger partial charge in [0, 0.05) is 30.2 Å². The van der Waals surface area contributed by atoms with Gasteiger partial charge >= 0.3 is 0 Å². The zero-order chi connectivity index (χ0) is 24.0. The fourth-order valence-corrected chi connectivity index (χ4v) is 4.76. The molecule has 2 aromatic carbocycles. The van der Waals surface area contributed by atoms with Crippen molar-refractivity contribution in [2.24, 2.45) is 0 Å². The van der Waals surface area contributed by atoms with E-state index in [1.165, 1.54) is 11.3 Å². The average molecular weight is 512 g/mol. The molecule has 0 bridgehead atoms. The summed E-state index contributed by atoms with van der Waals surface area (Å²) in [6.07, 6.45) is 0. The Morgan fingerprint density at radius 3 is 2.33 bits per heavy atom. The minimum atomic E-state index is -0.217. The zero-order valence-electron chi connectivity index (χ0n) is 19.1. The molecule has 3 rings (SSSR count). The lowest BCUT2D eigenvalue weighted by molar-refractivity contribution is -0.120. The van der Waals surface area contributed by atoms with Crippen molar-refractivity contribution in [2.75, 3.05) is 51.9 Å². The van der Waals surface area contributed by atoms with Crippen LogP contribution in [0.15, 0.2) is 30.3 Å². The Bertz CT molecular complexity index is 1060. The lowest BCUT2D eigenvalue weighted by Crippen LogP contribution is -2.41. The molecule has 0 N–H and O–H groups in total. The van der Waals surface area contributed by atoms with Gasteiger partial charge in [0.1, 0.15) is 5.75 Å². The summed E-state index contributed by atoms with van der Waals surface area (Å²) in [4.78, 5) is 21.8. The van der Waals surface area contributed by atoms with Crippen LogP contribution >= 0.6 is 34.5 Å². The Balaban J connectivity index is 1.87. The molecule has 0 aliphatic carbocycles. The van der Waals surface area contributed by atoms with Crippen LogP contribution in [-0.2, 0) is 4.79 Å². The highest BCUT2D eigenvalue weighted by Crippen LogP contribution is 2.37. The van der Waals surface area contributed by atoms with Crippen molar-refractivity contribution < 1.29 is 19.0 Å². The minimum Gasteiger partial charge on any atom is -0.493 e. The maximum absolute atomic E-state index is 13.2. The monoisotopic (exact) mass is 511 g/mol. The fourth-order valence-electron chi connectivity index (χ4n) is 3.28. The van der Waals surface area contributed by atoms with E-state index in [0.717, 1.165) is 23.3 Å². The van der Waals surface area contributed by atoms with Gasteiger partial charge in [0.05, 0.1) is 29.5 Å². The number of amides is 1. The third-order valence-electron chi connectivity index (χ3n) is 5.19. The second kappa shape index (κ2) is 11.7. The molecule has 178 valence electrons. The topological polar surface area (TPSA) is 64.1 Å². The number of hydrogen-bond donors (Lipinski definition) is 0. The zero-order valence-corrected chi connectivity index (χ0v) is 21.4. The summed E-state index contributed by atoms with van der Waals surface area (Å²) in [5, 5.41) is 1.44. The molecule has 10 heteroatoms. The van der Waals surface area contributed by atoms with Crippen molar-refractivity contribution in [1.82, 2.24) is 9.88 Å². The first kappa shape index (κ1) is 25.4. The number of fused-ring (bicyclic) bond motifs is 1. The van der Waals surface area contributed by atoms with Crippen molar-refractivity contribution in [3.63, 3.8) is 0 Å². The van der Waals surface area contributed by atoms with Crippen LogP contribution in [0.25, 0.3) is 10.2 Å². The maximum atomic E-state index is 13.2. The molecular formula is C23H27Cl2N3O4S. The summed E-state index contributed by atoms with van der Waals surface area (Å²) in [5.74, 6) is 1.38. The lowest BCUT2D eigenvalue weighted by Gasteiger charge is -2.24. The van der Waals surface area contributed by atoms with Gasteiger partial charge in [-0.25, -0.2) is 4.98 Å². The number of ether oxygens (including phenoxy) is 3. The standard InChI is InChI=1S/C23H27Cl2N3O4S/c1-5-27(6-2)9-10-28(22(29)14-32-18-8-7-15(24)11-16(18)25)23-26-17-12-19(30-3)20(31-4)13-21(17)33-23/h7-8,11-13H,5-6,9-10,14H2,1-4H3. The van der Waals surface area contributed by atoms with E-state index in [1.54, 1.807) is 37.3 Å². The molecule has 0 atom stereocenters. The minimum absolute atomic E-state index is 0.178. The van der Waals surface area contributed by atoms with Crippen molar-refractivity contribution in [1.29, 1.82) is 0 Å². The van der Waals surface area contributed by atoms with Gasteiger partial charge in [0.25, 0.3) is 5.91 Å².